The van der Waals surface area contributed by atoms with E-state index in [4.69, 9.17) is 9.15 Å². The Hall–Kier alpha value is -3.30. The van der Waals surface area contributed by atoms with Crippen molar-refractivity contribution in [1.29, 1.82) is 0 Å². The van der Waals surface area contributed by atoms with Gasteiger partial charge in [-0.15, -0.1) is 0 Å². The molecule has 170 valence electrons. The van der Waals surface area contributed by atoms with Crippen LogP contribution in [0, 0.1) is 13.8 Å². The SMILES string of the molecule is Cc1nc(C)c(C(=O)N2CCC(c3cc(CCOc4ccc(C(F)(F)F)cc4)[nH]n3)C2)o1. The molecule has 4 rings (SSSR count). The number of ether oxygens (including phenoxy) is 1. The Morgan fingerprint density at radius 3 is 2.69 bits per heavy atom. The average molecular weight is 448 g/mol. The number of carbonyl (C=O) groups is 1. The van der Waals surface area contributed by atoms with Crippen LogP contribution in [-0.2, 0) is 12.6 Å². The molecule has 1 unspecified atom stereocenters. The lowest BCUT2D eigenvalue weighted by Gasteiger charge is -2.14. The smallest absolute Gasteiger partial charge is 0.416 e. The predicted octanol–water partition coefficient (Wildman–Crippen LogP) is 4.28. The lowest BCUT2D eigenvalue weighted by atomic mass is 10.0. The number of rotatable bonds is 6. The number of carbonyl (C=O) groups excluding carboxylic acids is 1. The molecule has 0 aliphatic carbocycles. The molecule has 0 spiro atoms. The molecule has 2 aromatic heterocycles. The number of H-pyrrole nitrogens is 1. The molecule has 7 nitrogen and oxygen atoms in total. The van der Waals surface area contributed by atoms with E-state index in [0.717, 1.165) is 29.9 Å². The van der Waals surface area contributed by atoms with Crippen LogP contribution >= 0.6 is 0 Å². The summed E-state index contributed by atoms with van der Waals surface area (Å²) in [6.07, 6.45) is -3.04. The fraction of sp³-hybridized carbons (Fsp3) is 0.409. The Morgan fingerprint density at radius 2 is 2.03 bits per heavy atom. The summed E-state index contributed by atoms with van der Waals surface area (Å²) in [5, 5.41) is 7.35. The van der Waals surface area contributed by atoms with Crippen LogP contribution in [-0.4, -0.2) is 45.7 Å². The molecule has 1 saturated heterocycles. The van der Waals surface area contributed by atoms with E-state index in [0.29, 0.717) is 43.5 Å². The van der Waals surface area contributed by atoms with Crippen molar-refractivity contribution in [2.75, 3.05) is 19.7 Å². The topological polar surface area (TPSA) is 84.3 Å². The quantitative estimate of drug-likeness (QED) is 0.608. The van der Waals surface area contributed by atoms with Crippen molar-refractivity contribution in [2.45, 2.75) is 38.8 Å². The fourth-order valence-electron chi connectivity index (χ4n) is 3.80. The maximum atomic E-state index is 12.7. The maximum absolute atomic E-state index is 12.7. The summed E-state index contributed by atoms with van der Waals surface area (Å²) >= 11 is 0. The number of aromatic amines is 1. The Bertz CT molecular complexity index is 1090. The van der Waals surface area contributed by atoms with Crippen molar-refractivity contribution in [2.24, 2.45) is 0 Å². The van der Waals surface area contributed by atoms with Crippen LogP contribution < -0.4 is 4.74 Å². The van der Waals surface area contributed by atoms with Gasteiger partial charge in [0.2, 0.25) is 5.76 Å². The van der Waals surface area contributed by atoms with Crippen LogP contribution in [0.2, 0.25) is 0 Å². The normalized spacial score (nSPS) is 16.5. The summed E-state index contributed by atoms with van der Waals surface area (Å²) in [5.41, 5.74) is 1.61. The highest BCUT2D eigenvalue weighted by Crippen LogP contribution is 2.30. The Labute approximate surface area is 182 Å². The van der Waals surface area contributed by atoms with Crippen molar-refractivity contribution in [3.63, 3.8) is 0 Å². The zero-order valence-corrected chi connectivity index (χ0v) is 17.7. The highest BCUT2D eigenvalue weighted by atomic mass is 19.4. The number of nitrogens with one attached hydrogen (secondary N) is 1. The van der Waals surface area contributed by atoms with E-state index in [1.54, 1.807) is 18.7 Å². The minimum absolute atomic E-state index is 0.115. The first-order valence-corrected chi connectivity index (χ1v) is 10.3. The van der Waals surface area contributed by atoms with Gasteiger partial charge < -0.3 is 14.1 Å². The predicted molar refractivity (Wildman–Crippen MR) is 108 cm³/mol. The Kier molecular flexibility index (Phi) is 5.94. The molecule has 1 N–H and O–H groups in total. The van der Waals surface area contributed by atoms with Gasteiger partial charge in [-0.1, -0.05) is 0 Å². The Balaban J connectivity index is 1.29. The van der Waals surface area contributed by atoms with Crippen LogP contribution in [0.4, 0.5) is 13.2 Å². The number of amides is 1. The number of oxazole rings is 1. The number of likely N-dealkylation sites (tertiary alicyclic amines) is 1. The summed E-state index contributed by atoms with van der Waals surface area (Å²) in [6, 6.07) is 6.56. The third kappa shape index (κ3) is 4.79. The van der Waals surface area contributed by atoms with Gasteiger partial charge in [-0.2, -0.15) is 18.3 Å². The van der Waals surface area contributed by atoms with Crippen molar-refractivity contribution in [3.05, 3.63) is 64.6 Å². The average Bonchev–Trinajstić information content (AvgIpc) is 3.47. The van der Waals surface area contributed by atoms with Gasteiger partial charge >= 0.3 is 6.18 Å². The Morgan fingerprint density at radius 1 is 1.28 bits per heavy atom. The lowest BCUT2D eigenvalue weighted by Crippen LogP contribution is -2.28. The van der Waals surface area contributed by atoms with Gasteiger partial charge in [-0.3, -0.25) is 9.89 Å². The van der Waals surface area contributed by atoms with E-state index in [2.05, 4.69) is 15.2 Å². The van der Waals surface area contributed by atoms with Gasteiger partial charge in [-0.05, 0) is 43.7 Å². The number of aromatic nitrogens is 3. The standard InChI is InChI=1S/C22H23F3N4O3/c1-13-20(32-14(2)26-13)21(30)29-9-7-15(12-29)19-11-17(27-28-19)8-10-31-18-5-3-16(4-6-18)22(23,24)25/h3-6,11,15H,7-10,12H2,1-2H3,(H,27,28). The van der Waals surface area contributed by atoms with Gasteiger partial charge in [0.15, 0.2) is 5.89 Å². The van der Waals surface area contributed by atoms with E-state index < -0.39 is 11.7 Å². The number of hydrogen-bond donors (Lipinski definition) is 1. The second-order valence-corrected chi connectivity index (χ2v) is 7.82. The van der Waals surface area contributed by atoms with Gasteiger partial charge in [0, 0.05) is 38.0 Å². The van der Waals surface area contributed by atoms with E-state index in [-0.39, 0.29) is 17.6 Å². The first-order valence-electron chi connectivity index (χ1n) is 10.3. The molecular weight excluding hydrogens is 425 g/mol. The third-order valence-electron chi connectivity index (χ3n) is 5.46. The minimum Gasteiger partial charge on any atom is -0.493 e. The van der Waals surface area contributed by atoms with Crippen LogP contribution in [0.5, 0.6) is 5.75 Å². The first-order chi connectivity index (χ1) is 15.2. The molecule has 10 heteroatoms. The summed E-state index contributed by atoms with van der Waals surface area (Å²) in [5.74, 6) is 1.08. The van der Waals surface area contributed by atoms with Crippen molar-refractivity contribution in [1.82, 2.24) is 20.1 Å². The van der Waals surface area contributed by atoms with E-state index in [1.807, 2.05) is 6.07 Å². The second-order valence-electron chi connectivity index (χ2n) is 7.82. The first kappa shape index (κ1) is 21.9. The summed E-state index contributed by atoms with van der Waals surface area (Å²) < 4.78 is 48.8. The number of alkyl halides is 3. The lowest BCUT2D eigenvalue weighted by molar-refractivity contribution is -0.137. The molecule has 1 amide bonds. The molecule has 3 heterocycles. The molecule has 1 aliphatic heterocycles. The van der Waals surface area contributed by atoms with Crippen molar-refractivity contribution < 1.29 is 27.1 Å². The molecule has 0 bridgehead atoms. The largest absolute Gasteiger partial charge is 0.493 e. The van der Waals surface area contributed by atoms with Gasteiger partial charge in [0.05, 0.1) is 23.6 Å². The number of aryl methyl sites for hydroxylation is 2. The van der Waals surface area contributed by atoms with Crippen LogP contribution in [0.25, 0.3) is 0 Å². The highest BCUT2D eigenvalue weighted by molar-refractivity contribution is 5.92. The second kappa shape index (κ2) is 8.68. The summed E-state index contributed by atoms with van der Waals surface area (Å²) in [7, 11) is 0. The van der Waals surface area contributed by atoms with Crippen LogP contribution in [0.15, 0.2) is 34.7 Å². The van der Waals surface area contributed by atoms with E-state index in [9.17, 15) is 18.0 Å². The van der Waals surface area contributed by atoms with Gasteiger partial charge in [-0.25, -0.2) is 4.98 Å². The molecule has 0 saturated carbocycles. The van der Waals surface area contributed by atoms with E-state index >= 15 is 0 Å². The molecule has 1 aliphatic rings. The molecule has 3 aromatic rings. The molecular formula is C22H23F3N4O3. The maximum Gasteiger partial charge on any atom is 0.416 e. The minimum atomic E-state index is -4.36. The third-order valence-corrected chi connectivity index (χ3v) is 5.46. The van der Waals surface area contributed by atoms with Crippen LogP contribution in [0.1, 0.15) is 51.4 Å². The number of halogens is 3. The molecule has 1 aromatic carbocycles. The van der Waals surface area contributed by atoms with E-state index in [1.165, 1.54) is 12.1 Å². The van der Waals surface area contributed by atoms with Crippen molar-refractivity contribution >= 4 is 5.91 Å². The highest BCUT2D eigenvalue weighted by Gasteiger charge is 2.32. The number of hydrogen-bond acceptors (Lipinski definition) is 5. The number of benzene rings is 1. The van der Waals surface area contributed by atoms with Crippen LogP contribution in [0.3, 0.4) is 0 Å². The summed E-state index contributed by atoms with van der Waals surface area (Å²) in [4.78, 5) is 18.6. The zero-order chi connectivity index (χ0) is 22.9. The molecule has 1 fully saturated rings. The van der Waals surface area contributed by atoms with Crippen molar-refractivity contribution in [3.8, 4) is 5.75 Å². The monoisotopic (exact) mass is 448 g/mol. The summed E-state index contributed by atoms with van der Waals surface area (Å²) in [6.45, 7) is 4.92. The molecule has 1 atom stereocenters. The zero-order valence-electron chi connectivity index (χ0n) is 17.7. The molecule has 32 heavy (non-hydrogen) atoms. The fourth-order valence-corrected chi connectivity index (χ4v) is 3.80. The van der Waals surface area contributed by atoms with Gasteiger partial charge in [0.1, 0.15) is 5.75 Å². The van der Waals surface area contributed by atoms with Gasteiger partial charge in [0.25, 0.3) is 5.91 Å². The molecule has 0 radical (unpaired) electrons. The number of nitrogens with zero attached hydrogens (tertiary/aromatic N) is 3.